The van der Waals surface area contributed by atoms with Crippen LogP contribution in [-0.2, 0) is 5.60 Å². The first-order chi connectivity index (χ1) is 7.11. The van der Waals surface area contributed by atoms with E-state index in [4.69, 9.17) is 0 Å². The maximum atomic E-state index is 10.7. The fourth-order valence-corrected chi connectivity index (χ4v) is 2.27. The van der Waals surface area contributed by atoms with Crippen LogP contribution in [0.5, 0.6) is 0 Å². The van der Waals surface area contributed by atoms with Crippen LogP contribution < -0.4 is 0 Å². The Morgan fingerprint density at radius 1 is 1.27 bits per heavy atom. The highest BCUT2D eigenvalue weighted by Crippen LogP contribution is 2.33. The predicted octanol–water partition coefficient (Wildman–Crippen LogP) is 3.28. The smallest absolute Gasteiger partial charge is 0.0927 e. The molecule has 0 aromatic heterocycles. The van der Waals surface area contributed by atoms with Crippen molar-refractivity contribution in [1.29, 1.82) is 0 Å². The number of hydrogen-bond acceptors (Lipinski definition) is 2. The van der Waals surface area contributed by atoms with Gasteiger partial charge in [-0.15, -0.1) is 0 Å². The average Bonchev–Trinajstić information content (AvgIpc) is 2.27. The van der Waals surface area contributed by atoms with E-state index in [1.54, 1.807) is 11.8 Å². The van der Waals surface area contributed by atoms with Gasteiger partial charge in [-0.3, -0.25) is 0 Å². The summed E-state index contributed by atoms with van der Waals surface area (Å²) >= 11 is 1.78. The molecule has 0 fully saturated rings. The van der Waals surface area contributed by atoms with Gasteiger partial charge < -0.3 is 5.11 Å². The molecule has 1 rings (SSSR count). The van der Waals surface area contributed by atoms with Gasteiger partial charge in [0.2, 0.25) is 0 Å². The van der Waals surface area contributed by atoms with Gasteiger partial charge in [-0.25, -0.2) is 0 Å². The Balaban J connectivity index is 2.91. The van der Waals surface area contributed by atoms with Gasteiger partial charge in [-0.1, -0.05) is 44.2 Å². The molecule has 1 unspecified atom stereocenters. The fraction of sp³-hybridized carbons (Fsp3) is 0.538. The molecular formula is C13H20OS. The third kappa shape index (κ3) is 2.99. The molecule has 0 saturated heterocycles. The summed E-state index contributed by atoms with van der Waals surface area (Å²) in [4.78, 5) is 0. The van der Waals surface area contributed by atoms with Crippen LogP contribution in [0.25, 0.3) is 0 Å². The first-order valence-corrected chi connectivity index (χ1v) is 6.77. The summed E-state index contributed by atoms with van der Waals surface area (Å²) in [6.07, 6.45) is 2.89. The molecule has 1 aromatic carbocycles. The molecule has 84 valence electrons. The number of hydrogen-bond donors (Lipinski definition) is 1. The van der Waals surface area contributed by atoms with Crippen LogP contribution in [0.2, 0.25) is 0 Å². The molecule has 1 aromatic rings. The van der Waals surface area contributed by atoms with E-state index >= 15 is 0 Å². The Hall–Kier alpha value is -0.470. The number of rotatable bonds is 5. The lowest BCUT2D eigenvalue weighted by atomic mass is 9.81. The Morgan fingerprint density at radius 3 is 2.33 bits per heavy atom. The topological polar surface area (TPSA) is 20.2 Å². The molecule has 2 heteroatoms. The van der Waals surface area contributed by atoms with Gasteiger partial charge in [0.25, 0.3) is 0 Å². The highest BCUT2D eigenvalue weighted by Gasteiger charge is 2.31. The van der Waals surface area contributed by atoms with E-state index in [1.165, 1.54) is 0 Å². The summed E-state index contributed by atoms with van der Waals surface area (Å²) in [5.41, 5.74) is 0.360. The zero-order valence-electron chi connectivity index (χ0n) is 9.73. The van der Waals surface area contributed by atoms with Crippen molar-refractivity contribution in [2.75, 3.05) is 12.0 Å². The maximum absolute atomic E-state index is 10.7. The molecule has 0 saturated carbocycles. The molecule has 15 heavy (non-hydrogen) atoms. The van der Waals surface area contributed by atoms with Crippen LogP contribution in [0.3, 0.4) is 0 Å². The molecule has 1 N–H and O–H groups in total. The highest BCUT2D eigenvalue weighted by atomic mass is 32.2. The van der Waals surface area contributed by atoms with Gasteiger partial charge in [-0.05, 0) is 29.9 Å². The number of thioether (sulfide) groups is 1. The van der Waals surface area contributed by atoms with E-state index in [1.807, 2.05) is 30.3 Å². The molecule has 0 heterocycles. The van der Waals surface area contributed by atoms with Gasteiger partial charge in [0.15, 0.2) is 0 Å². The quantitative estimate of drug-likeness (QED) is 0.828. The van der Waals surface area contributed by atoms with Gasteiger partial charge in [0, 0.05) is 0 Å². The van der Waals surface area contributed by atoms with E-state index in [2.05, 4.69) is 20.1 Å². The molecule has 0 aliphatic rings. The maximum Gasteiger partial charge on any atom is 0.0927 e. The normalized spacial score (nSPS) is 15.3. The lowest BCUT2D eigenvalue weighted by molar-refractivity contribution is -0.0128. The van der Waals surface area contributed by atoms with Crippen molar-refractivity contribution in [3.05, 3.63) is 35.9 Å². The second-order valence-electron chi connectivity index (χ2n) is 4.19. The molecule has 0 bridgehead atoms. The lowest BCUT2D eigenvalue weighted by Gasteiger charge is -2.32. The van der Waals surface area contributed by atoms with Crippen molar-refractivity contribution in [2.24, 2.45) is 5.92 Å². The molecule has 0 radical (unpaired) electrons. The summed E-state index contributed by atoms with van der Waals surface area (Å²) < 4.78 is 0. The number of benzene rings is 1. The van der Waals surface area contributed by atoms with Crippen LogP contribution in [0.4, 0.5) is 0 Å². The highest BCUT2D eigenvalue weighted by molar-refractivity contribution is 7.98. The summed E-state index contributed by atoms with van der Waals surface area (Å²) in [5, 5.41) is 10.7. The molecular weight excluding hydrogens is 204 g/mol. The molecule has 0 aliphatic heterocycles. The first kappa shape index (κ1) is 12.6. The first-order valence-electron chi connectivity index (χ1n) is 5.38. The van der Waals surface area contributed by atoms with E-state index in [0.29, 0.717) is 0 Å². The molecule has 1 atom stereocenters. The third-order valence-corrected chi connectivity index (χ3v) is 3.53. The van der Waals surface area contributed by atoms with Crippen molar-refractivity contribution < 1.29 is 5.11 Å². The summed E-state index contributed by atoms with van der Waals surface area (Å²) in [6.45, 7) is 4.15. The zero-order valence-corrected chi connectivity index (χ0v) is 10.6. The van der Waals surface area contributed by atoms with Crippen molar-refractivity contribution in [3.63, 3.8) is 0 Å². The van der Waals surface area contributed by atoms with Crippen molar-refractivity contribution in [2.45, 2.75) is 25.9 Å². The summed E-state index contributed by atoms with van der Waals surface area (Å²) in [5.74, 6) is 1.23. The van der Waals surface area contributed by atoms with Gasteiger partial charge in [-0.2, -0.15) is 11.8 Å². The van der Waals surface area contributed by atoms with E-state index < -0.39 is 5.60 Å². The monoisotopic (exact) mass is 224 g/mol. The van der Waals surface area contributed by atoms with Crippen LogP contribution >= 0.6 is 11.8 Å². The average molecular weight is 224 g/mol. The second kappa shape index (κ2) is 5.57. The largest absolute Gasteiger partial charge is 0.385 e. The zero-order chi connectivity index (χ0) is 11.3. The van der Waals surface area contributed by atoms with Crippen LogP contribution in [0.1, 0.15) is 25.8 Å². The minimum atomic E-state index is -0.676. The van der Waals surface area contributed by atoms with Gasteiger partial charge >= 0.3 is 0 Å². The van der Waals surface area contributed by atoms with Crippen LogP contribution in [0.15, 0.2) is 30.3 Å². The summed E-state index contributed by atoms with van der Waals surface area (Å²) in [6, 6.07) is 9.99. The second-order valence-corrected chi connectivity index (χ2v) is 5.17. The molecule has 0 aliphatic carbocycles. The molecule has 0 spiro atoms. The Morgan fingerprint density at radius 2 is 1.87 bits per heavy atom. The van der Waals surface area contributed by atoms with Crippen molar-refractivity contribution in [3.8, 4) is 0 Å². The SMILES string of the molecule is CSCCC(O)(c1ccccc1)C(C)C. The van der Waals surface area contributed by atoms with Crippen LogP contribution in [-0.4, -0.2) is 17.1 Å². The Kier molecular flexibility index (Phi) is 4.68. The fourth-order valence-electron chi connectivity index (χ4n) is 1.75. The number of aliphatic hydroxyl groups is 1. The van der Waals surface area contributed by atoms with Crippen molar-refractivity contribution in [1.82, 2.24) is 0 Å². The minimum absolute atomic E-state index is 0.243. The third-order valence-electron chi connectivity index (χ3n) is 2.92. The van der Waals surface area contributed by atoms with Crippen molar-refractivity contribution >= 4 is 11.8 Å². The Labute approximate surface area is 96.9 Å². The van der Waals surface area contributed by atoms with Crippen LogP contribution in [0, 0.1) is 5.92 Å². The summed E-state index contributed by atoms with van der Waals surface area (Å²) in [7, 11) is 0. The minimum Gasteiger partial charge on any atom is -0.385 e. The van der Waals surface area contributed by atoms with E-state index in [-0.39, 0.29) is 5.92 Å². The Bertz CT molecular complexity index is 284. The van der Waals surface area contributed by atoms with E-state index in [9.17, 15) is 5.11 Å². The molecule has 0 amide bonds. The molecule has 1 nitrogen and oxygen atoms in total. The van der Waals surface area contributed by atoms with Gasteiger partial charge in [0.05, 0.1) is 5.60 Å². The van der Waals surface area contributed by atoms with E-state index in [0.717, 1.165) is 17.7 Å². The van der Waals surface area contributed by atoms with Gasteiger partial charge in [0.1, 0.15) is 0 Å². The predicted molar refractivity (Wildman–Crippen MR) is 68.2 cm³/mol. The lowest BCUT2D eigenvalue weighted by Crippen LogP contribution is -2.32. The standard InChI is InChI=1S/C13H20OS/c1-11(2)13(14,9-10-15-3)12-7-5-4-6-8-12/h4-8,11,14H,9-10H2,1-3H3.